The van der Waals surface area contributed by atoms with Crippen LogP contribution in [0.4, 0.5) is 0 Å². The Morgan fingerprint density at radius 1 is 0.875 bits per heavy atom. The standard InChI is InChI=1S/C12H8Cl2O2/c13-9-3-1-2-8(12(9)14)7-4-5-10(15)11(16)6-7/h1-6,15-16H. The number of benzene rings is 2. The van der Waals surface area contributed by atoms with Gasteiger partial charge in [0.1, 0.15) is 0 Å². The Morgan fingerprint density at radius 2 is 1.62 bits per heavy atom. The zero-order valence-corrected chi connectivity index (χ0v) is 9.63. The number of phenols is 2. The fourth-order valence-corrected chi connectivity index (χ4v) is 1.83. The van der Waals surface area contributed by atoms with Gasteiger partial charge >= 0.3 is 0 Å². The first-order valence-electron chi connectivity index (χ1n) is 4.56. The zero-order chi connectivity index (χ0) is 11.7. The summed E-state index contributed by atoms with van der Waals surface area (Å²) in [6.07, 6.45) is 0. The average Bonchev–Trinajstić information content (AvgIpc) is 2.26. The van der Waals surface area contributed by atoms with Crippen LogP contribution in [0.25, 0.3) is 11.1 Å². The van der Waals surface area contributed by atoms with Crippen molar-refractivity contribution >= 4 is 23.2 Å². The third-order valence-electron chi connectivity index (χ3n) is 2.24. The lowest BCUT2D eigenvalue weighted by Gasteiger charge is -2.07. The maximum absolute atomic E-state index is 9.40. The van der Waals surface area contributed by atoms with Gasteiger partial charge < -0.3 is 10.2 Å². The molecule has 0 aromatic heterocycles. The van der Waals surface area contributed by atoms with Crippen LogP contribution in [0.15, 0.2) is 36.4 Å². The van der Waals surface area contributed by atoms with Gasteiger partial charge in [0.15, 0.2) is 11.5 Å². The van der Waals surface area contributed by atoms with Crippen molar-refractivity contribution in [2.75, 3.05) is 0 Å². The van der Waals surface area contributed by atoms with E-state index in [0.717, 1.165) is 0 Å². The summed E-state index contributed by atoms with van der Waals surface area (Å²) in [5, 5.41) is 19.5. The summed E-state index contributed by atoms with van der Waals surface area (Å²) in [5.74, 6) is -0.351. The molecule has 2 aromatic carbocycles. The fraction of sp³-hybridized carbons (Fsp3) is 0. The van der Waals surface area contributed by atoms with E-state index in [1.54, 1.807) is 24.3 Å². The zero-order valence-electron chi connectivity index (χ0n) is 8.11. The number of hydrogen-bond acceptors (Lipinski definition) is 2. The predicted molar refractivity (Wildman–Crippen MR) is 65.2 cm³/mol. The first-order chi connectivity index (χ1) is 7.59. The van der Waals surface area contributed by atoms with Crippen molar-refractivity contribution in [3.8, 4) is 22.6 Å². The van der Waals surface area contributed by atoms with Gasteiger partial charge in [-0.3, -0.25) is 0 Å². The highest BCUT2D eigenvalue weighted by Crippen LogP contribution is 2.36. The third-order valence-corrected chi connectivity index (χ3v) is 3.06. The van der Waals surface area contributed by atoms with Crippen molar-refractivity contribution < 1.29 is 10.2 Å². The van der Waals surface area contributed by atoms with E-state index in [1.807, 2.05) is 0 Å². The average molecular weight is 255 g/mol. The largest absolute Gasteiger partial charge is 0.504 e. The van der Waals surface area contributed by atoms with Gasteiger partial charge in [0.2, 0.25) is 0 Å². The Labute approximate surface area is 103 Å². The molecule has 0 radical (unpaired) electrons. The first-order valence-corrected chi connectivity index (χ1v) is 5.31. The molecule has 0 aliphatic rings. The van der Waals surface area contributed by atoms with Gasteiger partial charge in [-0.25, -0.2) is 0 Å². The van der Waals surface area contributed by atoms with Gasteiger partial charge in [0.05, 0.1) is 10.0 Å². The van der Waals surface area contributed by atoms with Crippen LogP contribution in [-0.4, -0.2) is 10.2 Å². The summed E-state index contributed by atoms with van der Waals surface area (Å²) >= 11 is 11.9. The Bertz CT molecular complexity index is 539. The fourth-order valence-electron chi connectivity index (χ4n) is 1.42. The normalized spacial score (nSPS) is 10.4. The first kappa shape index (κ1) is 11.1. The molecule has 82 valence electrons. The second-order valence-corrected chi connectivity index (χ2v) is 4.09. The van der Waals surface area contributed by atoms with Crippen molar-refractivity contribution in [2.45, 2.75) is 0 Å². The molecule has 0 spiro atoms. The monoisotopic (exact) mass is 254 g/mol. The molecule has 0 aliphatic heterocycles. The Morgan fingerprint density at radius 3 is 2.31 bits per heavy atom. The van der Waals surface area contributed by atoms with E-state index in [4.69, 9.17) is 23.2 Å². The minimum Gasteiger partial charge on any atom is -0.504 e. The van der Waals surface area contributed by atoms with E-state index in [2.05, 4.69) is 0 Å². The lowest BCUT2D eigenvalue weighted by atomic mass is 10.1. The SMILES string of the molecule is Oc1ccc(-c2cccc(Cl)c2Cl)cc1O. The highest BCUT2D eigenvalue weighted by atomic mass is 35.5. The Balaban J connectivity index is 2.59. The van der Waals surface area contributed by atoms with Gasteiger partial charge in [0, 0.05) is 5.56 Å². The number of phenolic OH excluding ortho intramolecular Hbond substituents is 2. The van der Waals surface area contributed by atoms with Crippen LogP contribution in [-0.2, 0) is 0 Å². The smallest absolute Gasteiger partial charge is 0.158 e. The molecule has 2 N–H and O–H groups in total. The van der Waals surface area contributed by atoms with Crippen LogP contribution in [0.3, 0.4) is 0 Å². The minimum absolute atomic E-state index is 0.165. The minimum atomic E-state index is -0.187. The number of hydrogen-bond donors (Lipinski definition) is 2. The Hall–Kier alpha value is -1.38. The van der Waals surface area contributed by atoms with Crippen molar-refractivity contribution in [3.63, 3.8) is 0 Å². The molecule has 0 amide bonds. The maximum atomic E-state index is 9.40. The lowest BCUT2D eigenvalue weighted by molar-refractivity contribution is 0.404. The molecule has 4 heteroatoms. The van der Waals surface area contributed by atoms with E-state index in [-0.39, 0.29) is 11.5 Å². The van der Waals surface area contributed by atoms with E-state index in [9.17, 15) is 10.2 Å². The summed E-state index contributed by atoms with van der Waals surface area (Å²) < 4.78 is 0. The molecule has 16 heavy (non-hydrogen) atoms. The summed E-state index contributed by atoms with van der Waals surface area (Å²) in [5.41, 5.74) is 1.41. The van der Waals surface area contributed by atoms with E-state index in [0.29, 0.717) is 21.2 Å². The topological polar surface area (TPSA) is 40.5 Å². The lowest BCUT2D eigenvalue weighted by Crippen LogP contribution is -1.80. The molecule has 0 bridgehead atoms. The van der Waals surface area contributed by atoms with Crippen molar-refractivity contribution in [2.24, 2.45) is 0 Å². The molecule has 0 aliphatic carbocycles. The molecule has 2 nitrogen and oxygen atoms in total. The predicted octanol–water partition coefficient (Wildman–Crippen LogP) is 4.07. The van der Waals surface area contributed by atoms with Gasteiger partial charge in [-0.2, -0.15) is 0 Å². The molecule has 0 heterocycles. The van der Waals surface area contributed by atoms with Crippen molar-refractivity contribution in [1.29, 1.82) is 0 Å². The Kier molecular flexibility index (Phi) is 2.95. The highest BCUT2D eigenvalue weighted by Gasteiger charge is 2.08. The summed E-state index contributed by atoms with van der Waals surface area (Å²) in [6.45, 7) is 0. The molecular weight excluding hydrogens is 247 g/mol. The van der Waals surface area contributed by atoms with Gasteiger partial charge in [0.25, 0.3) is 0 Å². The van der Waals surface area contributed by atoms with E-state index < -0.39 is 0 Å². The van der Waals surface area contributed by atoms with Crippen LogP contribution in [0.5, 0.6) is 11.5 Å². The molecular formula is C12H8Cl2O2. The quantitative estimate of drug-likeness (QED) is 0.754. The molecule has 0 unspecified atom stereocenters. The molecule has 0 fully saturated rings. The second kappa shape index (κ2) is 4.24. The van der Waals surface area contributed by atoms with E-state index >= 15 is 0 Å². The van der Waals surface area contributed by atoms with Crippen LogP contribution in [0.2, 0.25) is 10.0 Å². The molecule has 2 rings (SSSR count). The van der Waals surface area contributed by atoms with E-state index in [1.165, 1.54) is 12.1 Å². The summed E-state index contributed by atoms with van der Waals surface area (Å²) in [6, 6.07) is 9.75. The maximum Gasteiger partial charge on any atom is 0.158 e. The summed E-state index contributed by atoms with van der Waals surface area (Å²) in [4.78, 5) is 0. The number of aromatic hydroxyl groups is 2. The van der Waals surface area contributed by atoms with Gasteiger partial charge in [-0.15, -0.1) is 0 Å². The number of rotatable bonds is 1. The van der Waals surface area contributed by atoms with Crippen molar-refractivity contribution in [1.82, 2.24) is 0 Å². The second-order valence-electron chi connectivity index (χ2n) is 3.30. The van der Waals surface area contributed by atoms with Gasteiger partial charge in [-0.05, 0) is 23.8 Å². The molecule has 0 saturated heterocycles. The number of halogens is 2. The molecule has 0 saturated carbocycles. The van der Waals surface area contributed by atoms with Crippen molar-refractivity contribution in [3.05, 3.63) is 46.4 Å². The van der Waals surface area contributed by atoms with Gasteiger partial charge in [-0.1, -0.05) is 41.4 Å². The summed E-state index contributed by atoms with van der Waals surface area (Å²) in [7, 11) is 0. The van der Waals surface area contributed by atoms with Crippen LogP contribution >= 0.6 is 23.2 Å². The molecule has 0 atom stereocenters. The third kappa shape index (κ3) is 1.94. The molecule has 2 aromatic rings. The van der Waals surface area contributed by atoms with Crippen LogP contribution in [0, 0.1) is 0 Å². The van der Waals surface area contributed by atoms with Crippen LogP contribution in [0.1, 0.15) is 0 Å². The highest BCUT2D eigenvalue weighted by molar-refractivity contribution is 6.43. The van der Waals surface area contributed by atoms with Crippen LogP contribution < -0.4 is 0 Å².